The summed E-state index contributed by atoms with van der Waals surface area (Å²) in [7, 11) is 0. The minimum atomic E-state index is 0.00308. The molecule has 2 aromatic heterocycles. The highest BCUT2D eigenvalue weighted by Crippen LogP contribution is 2.32. The number of nitrogens with one attached hydrogen (secondary N) is 1. The largest absolute Gasteiger partial charge is 0.342 e. The van der Waals surface area contributed by atoms with Crippen molar-refractivity contribution < 1.29 is 4.79 Å². The van der Waals surface area contributed by atoms with Crippen LogP contribution in [0.3, 0.4) is 0 Å². The number of aromatic amines is 1. The average molecular weight is 413 g/mol. The predicted molar refractivity (Wildman–Crippen MR) is 113 cm³/mol. The Kier molecular flexibility index (Phi) is 5.26. The minimum Gasteiger partial charge on any atom is -0.342 e. The van der Waals surface area contributed by atoms with Crippen molar-refractivity contribution >= 4 is 17.2 Å². The number of aromatic nitrogens is 2. The lowest BCUT2D eigenvalue weighted by atomic mass is 9.83. The maximum absolute atomic E-state index is 12.9. The van der Waals surface area contributed by atoms with E-state index >= 15 is 0 Å². The lowest BCUT2D eigenvalue weighted by molar-refractivity contribution is -0.139. The molecule has 1 saturated carbocycles. The molecule has 154 valence electrons. The number of amides is 1. The van der Waals surface area contributed by atoms with Gasteiger partial charge in [-0.1, -0.05) is 12.5 Å². The van der Waals surface area contributed by atoms with Crippen LogP contribution in [0.1, 0.15) is 60.0 Å². The van der Waals surface area contributed by atoms with Crippen molar-refractivity contribution in [3.05, 3.63) is 49.8 Å². The van der Waals surface area contributed by atoms with Crippen LogP contribution in [0, 0.1) is 5.92 Å². The smallest absolute Gasteiger partial charge is 0.255 e. The number of carbonyl (C=O) groups is 1. The van der Waals surface area contributed by atoms with E-state index in [-0.39, 0.29) is 17.4 Å². The lowest BCUT2D eigenvalue weighted by Crippen LogP contribution is -2.44. The number of piperidine rings is 1. The van der Waals surface area contributed by atoms with E-state index in [1.807, 2.05) is 4.90 Å². The van der Waals surface area contributed by atoms with Crippen molar-refractivity contribution in [3.8, 4) is 0 Å². The van der Waals surface area contributed by atoms with Crippen LogP contribution in [0.4, 0.5) is 0 Å². The number of fused-ring (bicyclic) bond motifs is 1. The van der Waals surface area contributed by atoms with E-state index in [1.54, 1.807) is 11.3 Å². The van der Waals surface area contributed by atoms with Gasteiger partial charge in [0.15, 0.2) is 0 Å². The molecule has 7 heteroatoms. The Morgan fingerprint density at radius 3 is 2.90 bits per heavy atom. The number of hydrogen-bond donors (Lipinski definition) is 1. The Balaban J connectivity index is 1.30. The number of thiophene rings is 1. The Morgan fingerprint density at radius 2 is 2.14 bits per heavy atom. The minimum absolute atomic E-state index is 0.00308. The van der Waals surface area contributed by atoms with Gasteiger partial charge in [0.05, 0.1) is 11.3 Å². The van der Waals surface area contributed by atoms with Crippen molar-refractivity contribution in [3.63, 3.8) is 0 Å². The van der Waals surface area contributed by atoms with Gasteiger partial charge in [0.2, 0.25) is 5.91 Å². The van der Waals surface area contributed by atoms with Crippen LogP contribution in [0.5, 0.6) is 0 Å². The molecule has 1 amide bonds. The normalized spacial score (nSPS) is 22.9. The average Bonchev–Trinajstić information content (AvgIpc) is 3.20. The summed E-state index contributed by atoms with van der Waals surface area (Å²) in [6, 6.07) is 4.22. The topological polar surface area (TPSA) is 69.3 Å². The van der Waals surface area contributed by atoms with Crippen molar-refractivity contribution in [2.75, 3.05) is 19.6 Å². The van der Waals surface area contributed by atoms with Crippen LogP contribution in [0.25, 0.3) is 0 Å². The fourth-order valence-corrected chi connectivity index (χ4v) is 5.51. The van der Waals surface area contributed by atoms with E-state index in [9.17, 15) is 9.59 Å². The molecule has 2 aliphatic heterocycles. The summed E-state index contributed by atoms with van der Waals surface area (Å²) in [6.07, 6.45) is 6.04. The molecule has 0 bridgehead atoms. The Hall–Kier alpha value is -1.99. The van der Waals surface area contributed by atoms with Gasteiger partial charge in [-0.25, -0.2) is 4.98 Å². The molecule has 1 aliphatic carbocycles. The van der Waals surface area contributed by atoms with E-state index in [2.05, 4.69) is 27.4 Å². The van der Waals surface area contributed by atoms with Gasteiger partial charge in [-0.3, -0.25) is 14.5 Å². The third-order valence-corrected chi connectivity index (χ3v) is 7.56. The second-order valence-electron chi connectivity index (χ2n) is 8.67. The van der Waals surface area contributed by atoms with Crippen molar-refractivity contribution in [2.45, 2.75) is 57.5 Å². The molecule has 29 heavy (non-hydrogen) atoms. The number of carbonyl (C=O) groups excluding carboxylic acids is 1. The van der Waals surface area contributed by atoms with Crippen LogP contribution in [0.15, 0.2) is 22.3 Å². The summed E-state index contributed by atoms with van der Waals surface area (Å²) in [5.74, 6) is 1.48. The van der Waals surface area contributed by atoms with Gasteiger partial charge in [0, 0.05) is 55.9 Å². The molecule has 4 heterocycles. The Bertz CT molecular complexity index is 935. The molecule has 3 aliphatic rings. The standard InChI is InChI=1S/C22H28N4O2S/c27-21-18-14-25(13-17-7-3-11-29-17)10-8-19(18)23-20(24-21)16-6-2-9-26(12-16)22(28)15-4-1-5-15/h3,7,11,15-16H,1-2,4-6,8-10,12-14H2,(H,23,24,27)/t16-/m1/s1. The predicted octanol–water partition coefficient (Wildman–Crippen LogP) is 2.90. The van der Waals surface area contributed by atoms with Crippen LogP contribution in [0.2, 0.25) is 0 Å². The van der Waals surface area contributed by atoms with Crippen LogP contribution in [-0.4, -0.2) is 45.3 Å². The molecular formula is C22H28N4O2S. The summed E-state index contributed by atoms with van der Waals surface area (Å²) in [5, 5.41) is 2.09. The Labute approximate surface area is 175 Å². The fourth-order valence-electron chi connectivity index (χ4n) is 4.77. The highest BCUT2D eigenvalue weighted by molar-refractivity contribution is 7.09. The lowest BCUT2D eigenvalue weighted by Gasteiger charge is -2.37. The van der Waals surface area contributed by atoms with Gasteiger partial charge < -0.3 is 9.88 Å². The molecule has 5 rings (SSSR count). The van der Waals surface area contributed by atoms with Crippen molar-refractivity contribution in [2.24, 2.45) is 5.92 Å². The van der Waals surface area contributed by atoms with Crippen molar-refractivity contribution in [1.29, 1.82) is 0 Å². The van der Waals surface area contributed by atoms with Gasteiger partial charge in [0.25, 0.3) is 5.56 Å². The van der Waals surface area contributed by atoms with Crippen LogP contribution >= 0.6 is 11.3 Å². The molecule has 0 spiro atoms. The third-order valence-electron chi connectivity index (χ3n) is 6.70. The summed E-state index contributed by atoms with van der Waals surface area (Å²) in [4.78, 5) is 39.1. The van der Waals surface area contributed by atoms with E-state index in [0.29, 0.717) is 19.0 Å². The third kappa shape index (κ3) is 3.90. The number of likely N-dealkylation sites (tertiary alicyclic amines) is 1. The Morgan fingerprint density at radius 1 is 1.24 bits per heavy atom. The first-order chi connectivity index (χ1) is 14.2. The molecular weight excluding hydrogens is 384 g/mol. The first-order valence-electron chi connectivity index (χ1n) is 10.8. The quantitative estimate of drug-likeness (QED) is 0.838. The monoisotopic (exact) mass is 412 g/mol. The van der Waals surface area contributed by atoms with Gasteiger partial charge >= 0.3 is 0 Å². The molecule has 2 aromatic rings. The number of H-pyrrole nitrogens is 1. The summed E-state index contributed by atoms with van der Waals surface area (Å²) < 4.78 is 0. The zero-order valence-electron chi connectivity index (χ0n) is 16.7. The van der Waals surface area contributed by atoms with Gasteiger partial charge in [-0.05, 0) is 37.1 Å². The maximum Gasteiger partial charge on any atom is 0.255 e. The number of rotatable bonds is 4. The van der Waals surface area contributed by atoms with E-state index in [0.717, 1.165) is 68.8 Å². The second kappa shape index (κ2) is 8.03. The van der Waals surface area contributed by atoms with Gasteiger partial charge in [0.1, 0.15) is 5.82 Å². The second-order valence-corrected chi connectivity index (χ2v) is 9.70. The first-order valence-corrected chi connectivity index (χ1v) is 11.7. The summed E-state index contributed by atoms with van der Waals surface area (Å²) >= 11 is 1.76. The van der Waals surface area contributed by atoms with Gasteiger partial charge in [-0.15, -0.1) is 11.3 Å². The zero-order chi connectivity index (χ0) is 19.8. The molecule has 1 saturated heterocycles. The molecule has 1 atom stereocenters. The maximum atomic E-state index is 12.9. The zero-order valence-corrected chi connectivity index (χ0v) is 17.5. The van der Waals surface area contributed by atoms with E-state index in [1.165, 1.54) is 11.3 Å². The molecule has 0 unspecified atom stereocenters. The SMILES string of the molecule is O=C(C1CCC1)N1CCC[C@@H](c2nc3c(c(=O)[nH]2)CN(Cc2cccs2)CC3)C1. The number of nitrogens with zero attached hydrogens (tertiary/aromatic N) is 3. The van der Waals surface area contributed by atoms with Crippen molar-refractivity contribution in [1.82, 2.24) is 19.8 Å². The first kappa shape index (κ1) is 19.0. The molecule has 1 N–H and O–H groups in total. The van der Waals surface area contributed by atoms with Crippen LogP contribution < -0.4 is 5.56 Å². The summed E-state index contributed by atoms with van der Waals surface area (Å²) in [5.41, 5.74) is 1.77. The molecule has 6 nitrogen and oxygen atoms in total. The fraction of sp³-hybridized carbons (Fsp3) is 0.591. The molecule has 0 aromatic carbocycles. The van der Waals surface area contributed by atoms with E-state index < -0.39 is 0 Å². The molecule has 2 fully saturated rings. The number of hydrogen-bond acceptors (Lipinski definition) is 5. The highest BCUT2D eigenvalue weighted by Gasteiger charge is 2.33. The molecule has 0 radical (unpaired) electrons. The van der Waals surface area contributed by atoms with Gasteiger partial charge in [-0.2, -0.15) is 0 Å². The highest BCUT2D eigenvalue weighted by atomic mass is 32.1. The van der Waals surface area contributed by atoms with Crippen LogP contribution in [-0.2, 0) is 24.3 Å². The van der Waals surface area contributed by atoms with E-state index in [4.69, 9.17) is 4.98 Å². The summed E-state index contributed by atoms with van der Waals surface area (Å²) in [6.45, 7) is 4.02.